The van der Waals surface area contributed by atoms with Crippen LogP contribution in [0.15, 0.2) is 29.3 Å². The zero-order chi connectivity index (χ0) is 18.9. The van der Waals surface area contributed by atoms with Crippen molar-refractivity contribution in [2.75, 3.05) is 33.7 Å². The van der Waals surface area contributed by atoms with Gasteiger partial charge in [0, 0.05) is 32.2 Å². The number of likely N-dealkylation sites (tertiary alicyclic amines) is 1. The van der Waals surface area contributed by atoms with Gasteiger partial charge in [0.15, 0.2) is 0 Å². The predicted molar refractivity (Wildman–Crippen MR) is 100 cm³/mol. The first kappa shape index (κ1) is 18.5. The smallest absolute Gasteiger partial charge is 0.260 e. The van der Waals surface area contributed by atoms with Crippen molar-refractivity contribution in [1.29, 1.82) is 0 Å². The second-order valence-corrected chi connectivity index (χ2v) is 7.50. The van der Waals surface area contributed by atoms with Crippen LogP contribution in [0.25, 0.3) is 10.9 Å². The van der Waals surface area contributed by atoms with Crippen LogP contribution in [0.5, 0.6) is 0 Å². The van der Waals surface area contributed by atoms with Crippen molar-refractivity contribution in [3.63, 3.8) is 0 Å². The normalized spacial score (nSPS) is 21.2. The van der Waals surface area contributed by atoms with Crippen molar-refractivity contribution < 1.29 is 9.90 Å². The molecule has 0 spiro atoms. The average molecular weight is 358 g/mol. The third-order valence-corrected chi connectivity index (χ3v) is 4.98. The Morgan fingerprint density at radius 3 is 2.81 bits per heavy atom. The summed E-state index contributed by atoms with van der Waals surface area (Å²) in [5, 5.41) is 11.3. The second kappa shape index (κ2) is 7.17. The van der Waals surface area contributed by atoms with E-state index in [2.05, 4.69) is 4.98 Å². The van der Waals surface area contributed by atoms with Crippen LogP contribution in [0.2, 0.25) is 0 Å². The lowest BCUT2D eigenvalue weighted by Crippen LogP contribution is -2.41. The number of aliphatic hydroxyl groups is 1. The molecule has 0 radical (unpaired) electrons. The Kier molecular flexibility index (Phi) is 5.11. The molecule has 7 heteroatoms. The largest absolute Gasteiger partial charge is 0.388 e. The molecule has 1 unspecified atom stereocenters. The standard InChI is InChI=1S/C19H26N4O3/c1-21(2)12-19(26)7-4-9-23(10-8-19)17(24)14-5-6-15-16(11-14)20-13-22(3)18(15)25/h5-6,11,13,26H,4,7-10,12H2,1-3H3. The molecule has 3 rings (SSSR count). The molecule has 1 aromatic heterocycles. The van der Waals surface area contributed by atoms with Crippen LogP contribution in [0.1, 0.15) is 29.6 Å². The maximum atomic E-state index is 12.9. The lowest BCUT2D eigenvalue weighted by atomic mass is 9.94. The van der Waals surface area contributed by atoms with Gasteiger partial charge in [0.05, 0.1) is 22.8 Å². The number of rotatable bonds is 3. The van der Waals surface area contributed by atoms with E-state index in [-0.39, 0.29) is 11.5 Å². The number of carbonyl (C=O) groups is 1. The quantitative estimate of drug-likeness (QED) is 0.880. The van der Waals surface area contributed by atoms with Gasteiger partial charge in [-0.1, -0.05) is 0 Å². The molecule has 1 N–H and O–H groups in total. The Labute approximate surface area is 152 Å². The number of benzene rings is 1. The highest BCUT2D eigenvalue weighted by molar-refractivity contribution is 5.97. The minimum absolute atomic E-state index is 0.0801. The van der Waals surface area contributed by atoms with Gasteiger partial charge in [-0.05, 0) is 51.6 Å². The summed E-state index contributed by atoms with van der Waals surface area (Å²) >= 11 is 0. The molecule has 0 bridgehead atoms. The van der Waals surface area contributed by atoms with Crippen LogP contribution in [-0.2, 0) is 7.05 Å². The third-order valence-electron chi connectivity index (χ3n) is 4.98. The fraction of sp³-hybridized carbons (Fsp3) is 0.526. The van der Waals surface area contributed by atoms with Crippen LogP contribution in [0, 0.1) is 0 Å². The zero-order valence-electron chi connectivity index (χ0n) is 15.6. The lowest BCUT2D eigenvalue weighted by molar-refractivity contribution is 0.00305. The van der Waals surface area contributed by atoms with Gasteiger partial charge in [-0.3, -0.25) is 9.59 Å². The van der Waals surface area contributed by atoms with Gasteiger partial charge in [0.1, 0.15) is 0 Å². The summed E-state index contributed by atoms with van der Waals surface area (Å²) < 4.78 is 1.42. The molecule has 1 aliphatic rings. The molecular weight excluding hydrogens is 332 g/mol. The SMILES string of the molecule is CN(C)CC1(O)CCCN(C(=O)c2ccc3c(=O)n(C)cnc3c2)CC1. The van der Waals surface area contributed by atoms with Crippen molar-refractivity contribution in [1.82, 2.24) is 19.4 Å². The van der Waals surface area contributed by atoms with Crippen LogP contribution in [0.4, 0.5) is 0 Å². The van der Waals surface area contributed by atoms with E-state index in [4.69, 9.17) is 0 Å². The molecule has 140 valence electrons. The summed E-state index contributed by atoms with van der Waals surface area (Å²) in [5.74, 6) is -0.0801. The first-order valence-electron chi connectivity index (χ1n) is 8.91. The Morgan fingerprint density at radius 2 is 2.08 bits per heavy atom. The summed E-state index contributed by atoms with van der Waals surface area (Å²) in [5.41, 5.74) is 0.169. The monoisotopic (exact) mass is 358 g/mol. The first-order valence-corrected chi connectivity index (χ1v) is 8.91. The molecule has 1 amide bonds. The van der Waals surface area contributed by atoms with Gasteiger partial charge < -0.3 is 19.5 Å². The van der Waals surface area contributed by atoms with Gasteiger partial charge in [-0.2, -0.15) is 0 Å². The highest BCUT2D eigenvalue weighted by atomic mass is 16.3. The van der Waals surface area contributed by atoms with Crippen LogP contribution >= 0.6 is 0 Å². The Balaban J connectivity index is 1.80. The minimum atomic E-state index is -0.754. The van der Waals surface area contributed by atoms with E-state index in [0.717, 1.165) is 6.42 Å². The highest BCUT2D eigenvalue weighted by Gasteiger charge is 2.32. The summed E-state index contributed by atoms with van der Waals surface area (Å²) in [7, 11) is 5.54. The van der Waals surface area contributed by atoms with Gasteiger partial charge >= 0.3 is 0 Å². The van der Waals surface area contributed by atoms with Gasteiger partial charge in [0.25, 0.3) is 11.5 Å². The Hall–Kier alpha value is -2.25. The van der Waals surface area contributed by atoms with Gasteiger partial charge in [0.2, 0.25) is 0 Å². The van der Waals surface area contributed by atoms with Crippen LogP contribution < -0.4 is 5.56 Å². The van der Waals surface area contributed by atoms with E-state index in [1.807, 2.05) is 19.0 Å². The summed E-state index contributed by atoms with van der Waals surface area (Å²) in [6, 6.07) is 5.03. The Morgan fingerprint density at radius 1 is 1.31 bits per heavy atom. The molecule has 0 aliphatic carbocycles. The zero-order valence-corrected chi connectivity index (χ0v) is 15.6. The molecule has 26 heavy (non-hydrogen) atoms. The molecule has 1 aliphatic heterocycles. The number of nitrogens with zero attached hydrogens (tertiary/aromatic N) is 4. The van der Waals surface area contributed by atoms with Crippen molar-refractivity contribution in [3.8, 4) is 0 Å². The van der Waals surface area contributed by atoms with Crippen molar-refractivity contribution in [3.05, 3.63) is 40.4 Å². The van der Waals surface area contributed by atoms with E-state index < -0.39 is 5.60 Å². The van der Waals surface area contributed by atoms with E-state index in [0.29, 0.717) is 48.9 Å². The fourth-order valence-electron chi connectivity index (χ4n) is 3.65. The number of hydrogen-bond donors (Lipinski definition) is 1. The second-order valence-electron chi connectivity index (χ2n) is 7.50. The number of fused-ring (bicyclic) bond motifs is 1. The third kappa shape index (κ3) is 3.78. The fourth-order valence-corrected chi connectivity index (χ4v) is 3.65. The number of likely N-dealkylation sites (N-methyl/N-ethyl adjacent to an activating group) is 1. The van der Waals surface area contributed by atoms with Crippen LogP contribution in [0.3, 0.4) is 0 Å². The van der Waals surface area contributed by atoms with Gasteiger partial charge in [-0.25, -0.2) is 4.98 Å². The number of aryl methyl sites for hydroxylation is 1. The van der Waals surface area contributed by atoms with E-state index in [1.54, 1.807) is 30.1 Å². The number of hydrogen-bond acceptors (Lipinski definition) is 5. The van der Waals surface area contributed by atoms with Crippen molar-refractivity contribution in [2.24, 2.45) is 7.05 Å². The van der Waals surface area contributed by atoms with Crippen molar-refractivity contribution >= 4 is 16.8 Å². The number of amides is 1. The maximum Gasteiger partial charge on any atom is 0.260 e. The summed E-state index contributed by atoms with van der Waals surface area (Å²) in [4.78, 5) is 33.0. The first-order chi connectivity index (χ1) is 12.3. The lowest BCUT2D eigenvalue weighted by Gasteiger charge is -2.30. The topological polar surface area (TPSA) is 78.7 Å². The molecule has 0 saturated carbocycles. The predicted octanol–water partition coefficient (Wildman–Crippen LogP) is 0.852. The molecule has 1 fully saturated rings. The molecule has 2 aromatic rings. The van der Waals surface area contributed by atoms with Crippen LogP contribution in [-0.4, -0.2) is 69.7 Å². The van der Waals surface area contributed by atoms with Crippen molar-refractivity contribution in [2.45, 2.75) is 24.9 Å². The van der Waals surface area contributed by atoms with E-state index >= 15 is 0 Å². The summed E-state index contributed by atoms with van der Waals surface area (Å²) in [6.07, 6.45) is 3.47. The maximum absolute atomic E-state index is 12.9. The molecule has 1 atom stereocenters. The highest BCUT2D eigenvalue weighted by Crippen LogP contribution is 2.24. The molecule has 1 aromatic carbocycles. The molecule has 2 heterocycles. The molecular formula is C19H26N4O3. The Bertz CT molecular complexity index is 877. The number of carbonyl (C=O) groups excluding carboxylic acids is 1. The molecule has 7 nitrogen and oxygen atoms in total. The van der Waals surface area contributed by atoms with E-state index in [1.165, 1.54) is 10.9 Å². The minimum Gasteiger partial charge on any atom is -0.388 e. The number of aromatic nitrogens is 2. The average Bonchev–Trinajstić information content (AvgIpc) is 2.78. The molecule has 1 saturated heterocycles. The van der Waals surface area contributed by atoms with E-state index in [9.17, 15) is 14.7 Å². The van der Waals surface area contributed by atoms with Gasteiger partial charge in [-0.15, -0.1) is 0 Å². The summed E-state index contributed by atoms with van der Waals surface area (Å²) in [6.45, 7) is 1.74.